The second-order valence-corrected chi connectivity index (χ2v) is 9.18. The van der Waals surface area contributed by atoms with Crippen molar-refractivity contribution < 1.29 is 28.7 Å². The van der Waals surface area contributed by atoms with Crippen LogP contribution in [-0.2, 0) is 19.1 Å². The molecule has 0 aliphatic carbocycles. The molecule has 0 aromatic heterocycles. The van der Waals surface area contributed by atoms with Crippen LogP contribution >= 0.6 is 0 Å². The number of morpholine rings is 1. The largest absolute Gasteiger partial charge is 0.491 e. The highest BCUT2D eigenvalue weighted by molar-refractivity contribution is 6.01. The molecule has 1 saturated heterocycles. The Balaban J connectivity index is 1.93. The van der Waals surface area contributed by atoms with Gasteiger partial charge in [-0.1, -0.05) is 26.0 Å². The second-order valence-electron chi connectivity index (χ2n) is 9.18. The molecule has 10 heteroatoms. The van der Waals surface area contributed by atoms with Crippen LogP contribution in [0.2, 0.25) is 0 Å². The first kappa shape index (κ1) is 26.5. The van der Waals surface area contributed by atoms with Gasteiger partial charge in [0.1, 0.15) is 24.4 Å². The summed E-state index contributed by atoms with van der Waals surface area (Å²) in [4.78, 5) is 56.1. The highest BCUT2D eigenvalue weighted by Crippen LogP contribution is 2.19. The van der Waals surface area contributed by atoms with E-state index in [4.69, 9.17) is 9.47 Å². The van der Waals surface area contributed by atoms with E-state index in [0.717, 1.165) is 0 Å². The van der Waals surface area contributed by atoms with E-state index < -0.39 is 23.9 Å². The topological polar surface area (TPSA) is 117 Å². The van der Waals surface area contributed by atoms with Crippen LogP contribution in [0.15, 0.2) is 24.3 Å². The minimum Gasteiger partial charge on any atom is -0.491 e. The molecule has 10 nitrogen and oxygen atoms in total. The van der Waals surface area contributed by atoms with Gasteiger partial charge < -0.3 is 29.9 Å². The molecule has 1 aromatic rings. The molecule has 2 aliphatic rings. The monoisotopic (exact) mass is 488 g/mol. The summed E-state index contributed by atoms with van der Waals surface area (Å²) in [6.07, 6.45) is 0.179. The normalized spacial score (nSPS) is 22.6. The molecule has 3 rings (SSSR count). The number of likely N-dealkylation sites (N-methyl/N-ethyl adjacent to an activating group) is 1. The van der Waals surface area contributed by atoms with E-state index in [1.54, 1.807) is 34.1 Å². The molecule has 0 bridgehead atoms. The molecule has 0 saturated carbocycles. The molecule has 2 N–H and O–H groups in total. The fourth-order valence-corrected chi connectivity index (χ4v) is 4.26. The number of rotatable bonds is 4. The second kappa shape index (κ2) is 12.5. The molecule has 0 spiro atoms. The minimum atomic E-state index is -1.09. The van der Waals surface area contributed by atoms with Crippen molar-refractivity contribution in [1.29, 1.82) is 0 Å². The molecular weight excluding hydrogens is 452 g/mol. The van der Waals surface area contributed by atoms with Gasteiger partial charge in [0.05, 0.1) is 31.7 Å². The maximum absolute atomic E-state index is 13.3. The van der Waals surface area contributed by atoms with Crippen molar-refractivity contribution in [1.82, 2.24) is 20.4 Å². The lowest BCUT2D eigenvalue weighted by Crippen LogP contribution is -2.55. The highest BCUT2D eigenvalue weighted by Gasteiger charge is 2.33. The summed E-state index contributed by atoms with van der Waals surface area (Å²) in [5.41, 5.74) is 0.261. The summed E-state index contributed by atoms with van der Waals surface area (Å²) >= 11 is 0. The summed E-state index contributed by atoms with van der Waals surface area (Å²) in [7, 11) is 0. The van der Waals surface area contributed by atoms with Crippen molar-refractivity contribution in [3.63, 3.8) is 0 Å². The smallest absolute Gasteiger partial charge is 0.255 e. The predicted octanol–water partition coefficient (Wildman–Crippen LogP) is 0.806. The van der Waals surface area contributed by atoms with Gasteiger partial charge in [0.15, 0.2) is 0 Å². The lowest BCUT2D eigenvalue weighted by atomic mass is 10.0. The van der Waals surface area contributed by atoms with Crippen LogP contribution in [0, 0.1) is 5.92 Å². The van der Waals surface area contributed by atoms with Gasteiger partial charge in [0.25, 0.3) is 5.91 Å². The zero-order valence-electron chi connectivity index (χ0n) is 20.7. The van der Waals surface area contributed by atoms with Gasteiger partial charge in [0.2, 0.25) is 17.7 Å². The number of para-hydroxylation sites is 1. The SMILES string of the molecule is CCN1CCOc2ccccc2C(=O)N[C@H](C(=O)N2CCOCC2)CC(=O)N[C@@H](CC(C)C)C1=O. The van der Waals surface area contributed by atoms with Gasteiger partial charge >= 0.3 is 0 Å². The quantitative estimate of drug-likeness (QED) is 0.648. The van der Waals surface area contributed by atoms with E-state index in [-0.39, 0.29) is 36.3 Å². The zero-order valence-corrected chi connectivity index (χ0v) is 20.7. The van der Waals surface area contributed by atoms with Crippen molar-refractivity contribution in [2.45, 2.75) is 45.7 Å². The third kappa shape index (κ3) is 7.17. The molecular formula is C25H36N4O6. The number of nitrogens with zero attached hydrogens (tertiary/aromatic N) is 2. The maximum atomic E-state index is 13.3. The Labute approximate surface area is 206 Å². The summed E-state index contributed by atoms with van der Waals surface area (Å²) in [6.45, 7) is 8.33. The molecule has 2 heterocycles. The Morgan fingerprint density at radius 1 is 1.06 bits per heavy atom. The van der Waals surface area contributed by atoms with Gasteiger partial charge in [-0.05, 0) is 31.4 Å². The van der Waals surface area contributed by atoms with Gasteiger partial charge in [0, 0.05) is 19.6 Å². The van der Waals surface area contributed by atoms with E-state index >= 15 is 0 Å². The van der Waals surface area contributed by atoms with E-state index in [9.17, 15) is 19.2 Å². The van der Waals surface area contributed by atoms with Crippen molar-refractivity contribution in [2.75, 3.05) is 46.0 Å². The average molecular weight is 489 g/mol. The number of fused-ring (bicyclic) bond motifs is 1. The highest BCUT2D eigenvalue weighted by atomic mass is 16.5. The number of nitrogens with one attached hydrogen (secondary N) is 2. The van der Waals surface area contributed by atoms with Crippen molar-refractivity contribution in [3.05, 3.63) is 29.8 Å². The Morgan fingerprint density at radius 2 is 1.77 bits per heavy atom. The summed E-state index contributed by atoms with van der Waals surface area (Å²) in [6, 6.07) is 4.91. The van der Waals surface area contributed by atoms with E-state index in [1.165, 1.54) is 0 Å². The third-order valence-corrected chi connectivity index (χ3v) is 6.10. The Bertz CT molecular complexity index is 915. The molecule has 0 radical (unpaired) electrons. The number of carbonyl (C=O) groups is 4. The number of ether oxygens (including phenoxy) is 2. The van der Waals surface area contributed by atoms with Crippen LogP contribution < -0.4 is 15.4 Å². The van der Waals surface area contributed by atoms with Gasteiger partial charge in [-0.2, -0.15) is 0 Å². The summed E-state index contributed by atoms with van der Waals surface area (Å²) in [5.74, 6) is -0.998. The lowest BCUT2D eigenvalue weighted by molar-refractivity contribution is -0.140. The van der Waals surface area contributed by atoms with Crippen LogP contribution in [0.1, 0.15) is 44.0 Å². The van der Waals surface area contributed by atoms with Crippen molar-refractivity contribution >= 4 is 23.6 Å². The average Bonchev–Trinajstić information content (AvgIpc) is 2.85. The minimum absolute atomic E-state index is 0.162. The van der Waals surface area contributed by atoms with Crippen LogP contribution in [0.25, 0.3) is 0 Å². The van der Waals surface area contributed by atoms with Gasteiger partial charge in [-0.25, -0.2) is 0 Å². The first-order valence-electron chi connectivity index (χ1n) is 12.3. The summed E-state index contributed by atoms with van der Waals surface area (Å²) < 4.78 is 11.2. The van der Waals surface area contributed by atoms with E-state index in [2.05, 4.69) is 10.6 Å². The van der Waals surface area contributed by atoms with Gasteiger partial charge in [-0.3, -0.25) is 19.2 Å². The zero-order chi connectivity index (χ0) is 25.4. The summed E-state index contributed by atoms with van der Waals surface area (Å²) in [5, 5.41) is 5.55. The Kier molecular flexibility index (Phi) is 9.47. The fraction of sp³-hybridized carbons (Fsp3) is 0.600. The molecule has 1 fully saturated rings. The first-order chi connectivity index (χ1) is 16.8. The number of amides is 4. The number of hydrogen-bond acceptors (Lipinski definition) is 6. The molecule has 4 amide bonds. The Hall–Kier alpha value is -3.14. The third-order valence-electron chi connectivity index (χ3n) is 6.10. The van der Waals surface area contributed by atoms with Crippen LogP contribution in [0.4, 0.5) is 0 Å². The first-order valence-corrected chi connectivity index (χ1v) is 12.3. The number of benzene rings is 1. The molecule has 192 valence electrons. The molecule has 1 aromatic carbocycles. The molecule has 0 unspecified atom stereocenters. The Morgan fingerprint density at radius 3 is 2.46 bits per heavy atom. The van der Waals surface area contributed by atoms with Crippen molar-refractivity contribution in [2.24, 2.45) is 5.92 Å². The van der Waals surface area contributed by atoms with Crippen molar-refractivity contribution in [3.8, 4) is 5.75 Å². The number of carbonyl (C=O) groups excluding carboxylic acids is 4. The van der Waals surface area contributed by atoms with Crippen LogP contribution in [-0.4, -0.2) is 91.5 Å². The number of hydrogen-bond donors (Lipinski definition) is 2. The predicted molar refractivity (Wildman–Crippen MR) is 129 cm³/mol. The van der Waals surface area contributed by atoms with E-state index in [1.807, 2.05) is 20.8 Å². The maximum Gasteiger partial charge on any atom is 0.255 e. The lowest BCUT2D eigenvalue weighted by Gasteiger charge is -2.32. The molecule has 2 atom stereocenters. The van der Waals surface area contributed by atoms with Gasteiger partial charge in [-0.15, -0.1) is 0 Å². The fourth-order valence-electron chi connectivity index (χ4n) is 4.26. The molecule has 35 heavy (non-hydrogen) atoms. The molecule has 2 aliphatic heterocycles. The van der Waals surface area contributed by atoms with E-state index in [0.29, 0.717) is 51.6 Å². The standard InChI is InChI=1S/C25H36N4O6/c1-4-28-11-14-35-21-8-6-5-7-18(21)23(31)27-20(25(33)29-9-12-34-13-10-29)16-22(30)26-19(24(28)32)15-17(2)3/h5-8,17,19-20H,4,9-16H2,1-3H3,(H,26,30)(H,27,31)/t19-,20-/m0/s1. The van der Waals surface area contributed by atoms with Crippen LogP contribution in [0.5, 0.6) is 5.75 Å². The van der Waals surface area contributed by atoms with Crippen LogP contribution in [0.3, 0.4) is 0 Å².